The number of nitrogens with one attached hydrogen (secondary N) is 3. The highest BCUT2D eigenvalue weighted by atomic mass is 32.1. The summed E-state index contributed by atoms with van der Waals surface area (Å²) in [6.07, 6.45) is 0. The van der Waals surface area contributed by atoms with Crippen LogP contribution in [0.4, 0.5) is 4.39 Å². The topological polar surface area (TPSA) is 71.6 Å². The number of halogens is 1. The van der Waals surface area contributed by atoms with Crippen molar-refractivity contribution in [3.63, 3.8) is 0 Å². The molecule has 0 saturated carbocycles. The lowest BCUT2D eigenvalue weighted by Gasteiger charge is -2.30. The molecule has 0 radical (unpaired) electrons. The van der Waals surface area contributed by atoms with Crippen molar-refractivity contribution >= 4 is 23.2 Å². The van der Waals surface area contributed by atoms with Crippen molar-refractivity contribution in [2.75, 3.05) is 7.11 Å². The van der Waals surface area contributed by atoms with Crippen LogP contribution < -0.4 is 25.4 Å². The van der Waals surface area contributed by atoms with Crippen LogP contribution >= 0.6 is 12.2 Å². The first kappa shape index (κ1) is 24.2. The van der Waals surface area contributed by atoms with Gasteiger partial charge in [-0.15, -0.1) is 0 Å². The SMILES string of the molecule is COc1cc([C@@H]2NC(=S)NC(C)=C2C(=O)NCc2ccccc2)ccc1OCc1ccccc1F. The minimum absolute atomic E-state index is 0.0597. The van der Waals surface area contributed by atoms with Crippen LogP contribution in [0, 0.1) is 5.82 Å². The minimum Gasteiger partial charge on any atom is -0.493 e. The maximum atomic E-state index is 14.0. The van der Waals surface area contributed by atoms with Crippen molar-refractivity contribution < 1.29 is 18.7 Å². The van der Waals surface area contributed by atoms with E-state index in [1.54, 1.807) is 30.3 Å². The Labute approximate surface area is 209 Å². The number of methoxy groups -OCH3 is 1. The van der Waals surface area contributed by atoms with E-state index in [-0.39, 0.29) is 18.3 Å². The van der Waals surface area contributed by atoms with E-state index in [9.17, 15) is 9.18 Å². The Morgan fingerprint density at radius 1 is 1.06 bits per heavy atom. The average Bonchev–Trinajstić information content (AvgIpc) is 2.87. The van der Waals surface area contributed by atoms with Crippen LogP contribution in [0.25, 0.3) is 0 Å². The molecule has 0 fully saturated rings. The second kappa shape index (κ2) is 11.0. The first-order valence-electron chi connectivity index (χ1n) is 11.1. The molecule has 0 unspecified atom stereocenters. The largest absolute Gasteiger partial charge is 0.493 e. The zero-order valence-corrected chi connectivity index (χ0v) is 20.2. The molecule has 0 saturated heterocycles. The van der Waals surface area contributed by atoms with Gasteiger partial charge in [0, 0.05) is 17.8 Å². The van der Waals surface area contributed by atoms with Crippen LogP contribution in [0.2, 0.25) is 0 Å². The number of benzene rings is 3. The molecule has 0 aliphatic carbocycles. The first-order chi connectivity index (χ1) is 17.0. The van der Waals surface area contributed by atoms with Crippen molar-refractivity contribution in [1.82, 2.24) is 16.0 Å². The summed E-state index contributed by atoms with van der Waals surface area (Å²) in [5.41, 5.74) is 3.41. The smallest absolute Gasteiger partial charge is 0.251 e. The van der Waals surface area contributed by atoms with Crippen LogP contribution in [-0.2, 0) is 17.9 Å². The number of carbonyl (C=O) groups is 1. The van der Waals surface area contributed by atoms with E-state index >= 15 is 0 Å². The zero-order valence-electron chi connectivity index (χ0n) is 19.4. The van der Waals surface area contributed by atoms with E-state index < -0.39 is 6.04 Å². The number of carbonyl (C=O) groups excluding carboxylic acids is 1. The molecule has 1 amide bonds. The molecule has 0 bridgehead atoms. The molecule has 6 nitrogen and oxygen atoms in total. The Morgan fingerprint density at radius 3 is 2.54 bits per heavy atom. The summed E-state index contributed by atoms with van der Waals surface area (Å²) in [4.78, 5) is 13.2. The number of rotatable bonds is 8. The summed E-state index contributed by atoms with van der Waals surface area (Å²) in [5.74, 6) is 0.388. The number of ether oxygens (including phenoxy) is 2. The van der Waals surface area contributed by atoms with E-state index in [0.29, 0.717) is 40.0 Å². The van der Waals surface area contributed by atoms with Gasteiger partial charge in [-0.2, -0.15) is 0 Å². The lowest BCUT2D eigenvalue weighted by atomic mass is 9.94. The van der Waals surface area contributed by atoms with Crippen LogP contribution in [0.1, 0.15) is 29.7 Å². The number of thiocarbonyl (C=S) groups is 1. The number of hydrogen-bond acceptors (Lipinski definition) is 4. The third kappa shape index (κ3) is 5.78. The lowest BCUT2D eigenvalue weighted by molar-refractivity contribution is -0.118. The third-order valence-corrected chi connectivity index (χ3v) is 5.89. The Morgan fingerprint density at radius 2 is 1.80 bits per heavy atom. The van der Waals surface area contributed by atoms with E-state index in [1.807, 2.05) is 43.3 Å². The van der Waals surface area contributed by atoms with Crippen molar-refractivity contribution in [2.24, 2.45) is 0 Å². The van der Waals surface area contributed by atoms with Crippen LogP contribution in [-0.4, -0.2) is 18.1 Å². The highest BCUT2D eigenvalue weighted by Crippen LogP contribution is 2.34. The van der Waals surface area contributed by atoms with Gasteiger partial charge in [-0.05, 0) is 48.5 Å². The number of allylic oxidation sites excluding steroid dienone is 1. The molecule has 3 aromatic rings. The Hall–Kier alpha value is -3.91. The molecule has 3 N–H and O–H groups in total. The summed E-state index contributed by atoms with van der Waals surface area (Å²) in [6, 6.07) is 21.0. The van der Waals surface area contributed by atoms with Crippen LogP contribution in [0.3, 0.4) is 0 Å². The molecule has 4 rings (SSSR count). The Bertz CT molecular complexity index is 1260. The second-order valence-electron chi connectivity index (χ2n) is 8.03. The molecular formula is C27H26FN3O3S. The Kier molecular flexibility index (Phi) is 7.62. The molecule has 1 aliphatic rings. The van der Waals surface area contributed by atoms with Gasteiger partial charge in [0.25, 0.3) is 5.91 Å². The minimum atomic E-state index is -0.492. The highest BCUT2D eigenvalue weighted by Gasteiger charge is 2.30. The number of hydrogen-bond donors (Lipinski definition) is 3. The van der Waals surface area contributed by atoms with Crippen LogP contribution in [0.5, 0.6) is 11.5 Å². The molecule has 8 heteroatoms. The lowest BCUT2D eigenvalue weighted by Crippen LogP contribution is -2.46. The van der Waals surface area contributed by atoms with Crippen molar-refractivity contribution in [1.29, 1.82) is 0 Å². The van der Waals surface area contributed by atoms with Gasteiger partial charge in [0.15, 0.2) is 16.6 Å². The molecule has 0 aromatic heterocycles. The third-order valence-electron chi connectivity index (χ3n) is 5.67. The summed E-state index contributed by atoms with van der Waals surface area (Å²) in [5, 5.41) is 9.63. The summed E-state index contributed by atoms with van der Waals surface area (Å²) in [6.45, 7) is 2.28. The van der Waals surface area contributed by atoms with E-state index in [1.165, 1.54) is 13.2 Å². The van der Waals surface area contributed by atoms with E-state index in [0.717, 1.165) is 11.1 Å². The van der Waals surface area contributed by atoms with Gasteiger partial charge in [0.05, 0.1) is 18.7 Å². The van der Waals surface area contributed by atoms with Gasteiger partial charge >= 0.3 is 0 Å². The fourth-order valence-corrected chi connectivity index (χ4v) is 4.14. The van der Waals surface area contributed by atoms with Gasteiger partial charge in [-0.25, -0.2) is 4.39 Å². The molecule has 1 heterocycles. The fourth-order valence-electron chi connectivity index (χ4n) is 3.87. The summed E-state index contributed by atoms with van der Waals surface area (Å²) >= 11 is 5.36. The van der Waals surface area contributed by atoms with Gasteiger partial charge in [-0.1, -0.05) is 54.6 Å². The van der Waals surface area contributed by atoms with Crippen LogP contribution in [0.15, 0.2) is 84.1 Å². The molecule has 1 atom stereocenters. The van der Waals surface area contributed by atoms with Gasteiger partial charge in [0.2, 0.25) is 0 Å². The Balaban J connectivity index is 1.56. The predicted octanol–water partition coefficient (Wildman–Crippen LogP) is 4.52. The summed E-state index contributed by atoms with van der Waals surface area (Å²) < 4.78 is 25.3. The predicted molar refractivity (Wildman–Crippen MR) is 136 cm³/mol. The van der Waals surface area contributed by atoms with Crippen molar-refractivity contribution in [2.45, 2.75) is 26.1 Å². The van der Waals surface area contributed by atoms with Crippen molar-refractivity contribution in [3.05, 3.63) is 107 Å². The van der Waals surface area contributed by atoms with Gasteiger partial charge in [0.1, 0.15) is 12.4 Å². The first-order valence-corrected chi connectivity index (χ1v) is 11.5. The van der Waals surface area contributed by atoms with Gasteiger partial charge < -0.3 is 25.4 Å². The maximum absolute atomic E-state index is 14.0. The monoisotopic (exact) mass is 491 g/mol. The average molecular weight is 492 g/mol. The van der Waals surface area contributed by atoms with E-state index in [2.05, 4.69) is 16.0 Å². The van der Waals surface area contributed by atoms with Crippen molar-refractivity contribution in [3.8, 4) is 11.5 Å². The molecule has 3 aromatic carbocycles. The molecule has 180 valence electrons. The maximum Gasteiger partial charge on any atom is 0.251 e. The molecule has 1 aliphatic heterocycles. The molecular weight excluding hydrogens is 465 g/mol. The zero-order chi connectivity index (χ0) is 24.8. The molecule has 35 heavy (non-hydrogen) atoms. The van der Waals surface area contributed by atoms with E-state index in [4.69, 9.17) is 21.7 Å². The standard InChI is InChI=1S/C27H26FN3O3S/c1-17-24(26(32)29-15-18-8-4-3-5-9-18)25(31-27(35)30-17)19-12-13-22(23(14-19)33-2)34-16-20-10-6-7-11-21(20)28/h3-14,25H,15-16H2,1-2H3,(H,29,32)(H2,30,31,35)/t25-/m0/s1. The second-order valence-corrected chi connectivity index (χ2v) is 8.44. The fraction of sp³-hybridized carbons (Fsp3) is 0.185. The summed E-state index contributed by atoms with van der Waals surface area (Å²) in [7, 11) is 1.53. The normalized spacial score (nSPS) is 15.2. The van der Waals surface area contributed by atoms with Gasteiger partial charge in [-0.3, -0.25) is 4.79 Å². The molecule has 0 spiro atoms. The quantitative estimate of drug-likeness (QED) is 0.403. The number of amides is 1. The highest BCUT2D eigenvalue weighted by molar-refractivity contribution is 7.80.